The summed E-state index contributed by atoms with van der Waals surface area (Å²) in [7, 11) is -2.87. The first kappa shape index (κ1) is 11.7. The molecule has 0 spiro atoms. The minimum Gasteiger partial charge on any atom is -0.392 e. The van der Waals surface area contributed by atoms with Crippen LogP contribution in [0.15, 0.2) is 12.2 Å². The molecule has 2 atom stereocenters. The maximum atomic E-state index is 11.2. The van der Waals surface area contributed by atoms with Gasteiger partial charge in [-0.1, -0.05) is 19.1 Å². The summed E-state index contributed by atoms with van der Waals surface area (Å²) in [4.78, 5) is 0. The van der Waals surface area contributed by atoms with Crippen LogP contribution < -0.4 is 0 Å². The van der Waals surface area contributed by atoms with Crippen molar-refractivity contribution in [3.05, 3.63) is 12.2 Å². The monoisotopic (exact) mass is 218 g/mol. The van der Waals surface area contributed by atoms with Crippen molar-refractivity contribution in [2.24, 2.45) is 5.92 Å². The molecule has 3 nitrogen and oxygen atoms in total. The van der Waals surface area contributed by atoms with E-state index < -0.39 is 15.9 Å². The highest BCUT2D eigenvalue weighted by molar-refractivity contribution is 7.91. The number of rotatable bonds is 4. The van der Waals surface area contributed by atoms with Crippen LogP contribution in [0.1, 0.15) is 26.2 Å². The standard InChI is InChI=1S/C10H18O3S/c1-3-8(2)6-10(11)9-4-5-14(12,13)7-9/h9-11H,2-7H2,1H3. The molecule has 0 aliphatic carbocycles. The largest absolute Gasteiger partial charge is 0.392 e. The summed E-state index contributed by atoms with van der Waals surface area (Å²) >= 11 is 0. The van der Waals surface area contributed by atoms with Crippen LogP contribution >= 0.6 is 0 Å². The smallest absolute Gasteiger partial charge is 0.150 e. The molecule has 0 amide bonds. The quantitative estimate of drug-likeness (QED) is 0.720. The summed E-state index contributed by atoms with van der Waals surface area (Å²) < 4.78 is 22.3. The summed E-state index contributed by atoms with van der Waals surface area (Å²) in [6, 6.07) is 0. The molecule has 1 aliphatic heterocycles. The number of aliphatic hydroxyl groups is 1. The maximum Gasteiger partial charge on any atom is 0.150 e. The molecule has 0 radical (unpaired) electrons. The molecular formula is C10H18O3S. The molecule has 0 aromatic heterocycles. The van der Waals surface area contributed by atoms with Gasteiger partial charge in [0.25, 0.3) is 0 Å². The Morgan fingerprint density at radius 1 is 1.64 bits per heavy atom. The van der Waals surface area contributed by atoms with Gasteiger partial charge in [0, 0.05) is 5.92 Å². The number of hydrogen-bond acceptors (Lipinski definition) is 3. The van der Waals surface area contributed by atoms with E-state index in [2.05, 4.69) is 6.58 Å². The zero-order valence-electron chi connectivity index (χ0n) is 8.57. The van der Waals surface area contributed by atoms with E-state index in [1.807, 2.05) is 6.92 Å². The highest BCUT2D eigenvalue weighted by Gasteiger charge is 2.32. The Morgan fingerprint density at radius 3 is 2.71 bits per heavy atom. The predicted octanol–water partition coefficient (Wildman–Crippen LogP) is 1.14. The molecule has 0 saturated carbocycles. The van der Waals surface area contributed by atoms with Gasteiger partial charge in [-0.25, -0.2) is 8.42 Å². The van der Waals surface area contributed by atoms with Crippen LogP contribution in [0.5, 0.6) is 0 Å². The van der Waals surface area contributed by atoms with E-state index in [9.17, 15) is 13.5 Å². The first-order chi connectivity index (χ1) is 6.44. The molecular weight excluding hydrogens is 200 g/mol. The van der Waals surface area contributed by atoms with Crippen LogP contribution in [-0.4, -0.2) is 31.1 Å². The molecule has 82 valence electrons. The van der Waals surface area contributed by atoms with Crippen LogP contribution in [0, 0.1) is 5.92 Å². The van der Waals surface area contributed by atoms with Crippen molar-refractivity contribution in [3.63, 3.8) is 0 Å². The molecule has 1 saturated heterocycles. The van der Waals surface area contributed by atoms with Gasteiger partial charge in [0.2, 0.25) is 0 Å². The normalized spacial score (nSPS) is 27.4. The van der Waals surface area contributed by atoms with Gasteiger partial charge in [-0.3, -0.25) is 0 Å². The van der Waals surface area contributed by atoms with E-state index >= 15 is 0 Å². The Morgan fingerprint density at radius 2 is 2.29 bits per heavy atom. The summed E-state index contributed by atoms with van der Waals surface area (Å²) in [6.07, 6.45) is 1.45. The molecule has 0 aromatic rings. The van der Waals surface area contributed by atoms with Crippen LogP contribution in [0.2, 0.25) is 0 Å². The predicted molar refractivity (Wildman–Crippen MR) is 56.8 cm³/mol. The molecule has 2 unspecified atom stereocenters. The summed E-state index contributed by atoms with van der Waals surface area (Å²) in [5.74, 6) is 0.293. The molecule has 1 heterocycles. The molecule has 4 heteroatoms. The third kappa shape index (κ3) is 3.10. The minimum atomic E-state index is -2.87. The molecule has 0 aromatic carbocycles. The summed E-state index contributed by atoms with van der Waals surface area (Å²) in [5.41, 5.74) is 0.988. The second-order valence-corrected chi connectivity index (χ2v) is 6.27. The summed E-state index contributed by atoms with van der Waals surface area (Å²) in [6.45, 7) is 5.80. The minimum absolute atomic E-state index is 0.0803. The van der Waals surface area contributed by atoms with Gasteiger partial charge in [-0.05, 0) is 19.3 Å². The van der Waals surface area contributed by atoms with Gasteiger partial charge in [0.1, 0.15) is 0 Å². The Labute approximate surface area is 85.7 Å². The van der Waals surface area contributed by atoms with E-state index in [0.29, 0.717) is 12.8 Å². The first-order valence-electron chi connectivity index (χ1n) is 4.99. The van der Waals surface area contributed by atoms with Gasteiger partial charge in [0.15, 0.2) is 9.84 Å². The SMILES string of the molecule is C=C(CC)CC(O)C1CCS(=O)(=O)C1. The lowest BCUT2D eigenvalue weighted by Gasteiger charge is -2.16. The fourth-order valence-corrected chi connectivity index (χ4v) is 3.60. The number of aliphatic hydroxyl groups excluding tert-OH is 1. The molecule has 1 fully saturated rings. The van der Waals surface area contributed by atoms with Gasteiger partial charge < -0.3 is 5.11 Å². The van der Waals surface area contributed by atoms with E-state index in [0.717, 1.165) is 12.0 Å². The van der Waals surface area contributed by atoms with Crippen LogP contribution in [0.4, 0.5) is 0 Å². The lowest BCUT2D eigenvalue weighted by atomic mass is 9.95. The fraction of sp³-hybridized carbons (Fsp3) is 0.800. The third-order valence-corrected chi connectivity index (χ3v) is 4.60. The number of sulfone groups is 1. The second-order valence-electron chi connectivity index (χ2n) is 4.04. The van der Waals surface area contributed by atoms with Crippen molar-refractivity contribution in [2.75, 3.05) is 11.5 Å². The molecule has 14 heavy (non-hydrogen) atoms. The third-order valence-electron chi connectivity index (χ3n) is 2.81. The summed E-state index contributed by atoms with van der Waals surface area (Å²) in [5, 5.41) is 9.76. The maximum absolute atomic E-state index is 11.2. The Hall–Kier alpha value is -0.350. The topological polar surface area (TPSA) is 54.4 Å². The molecule has 0 bridgehead atoms. The van der Waals surface area contributed by atoms with Gasteiger partial charge in [0.05, 0.1) is 17.6 Å². The lowest BCUT2D eigenvalue weighted by Crippen LogP contribution is -2.21. The van der Waals surface area contributed by atoms with Crippen molar-refractivity contribution < 1.29 is 13.5 Å². The van der Waals surface area contributed by atoms with Crippen molar-refractivity contribution in [1.82, 2.24) is 0 Å². The van der Waals surface area contributed by atoms with Crippen LogP contribution in [0.25, 0.3) is 0 Å². The van der Waals surface area contributed by atoms with E-state index in [1.165, 1.54) is 0 Å². The van der Waals surface area contributed by atoms with Crippen molar-refractivity contribution in [3.8, 4) is 0 Å². The Kier molecular flexibility index (Phi) is 3.72. The van der Waals surface area contributed by atoms with Gasteiger partial charge >= 0.3 is 0 Å². The van der Waals surface area contributed by atoms with Crippen LogP contribution in [0.3, 0.4) is 0 Å². The Balaban J connectivity index is 2.47. The van der Waals surface area contributed by atoms with Crippen LogP contribution in [-0.2, 0) is 9.84 Å². The first-order valence-corrected chi connectivity index (χ1v) is 6.82. The van der Waals surface area contributed by atoms with Gasteiger partial charge in [-0.15, -0.1) is 0 Å². The van der Waals surface area contributed by atoms with E-state index in [4.69, 9.17) is 0 Å². The highest BCUT2D eigenvalue weighted by Crippen LogP contribution is 2.25. The van der Waals surface area contributed by atoms with Crippen molar-refractivity contribution in [2.45, 2.75) is 32.3 Å². The average Bonchev–Trinajstić information content (AvgIpc) is 2.46. The Bertz CT molecular complexity index is 305. The zero-order chi connectivity index (χ0) is 10.8. The molecule has 1 aliphatic rings. The molecule has 1 N–H and O–H groups in total. The lowest BCUT2D eigenvalue weighted by molar-refractivity contribution is 0.119. The van der Waals surface area contributed by atoms with Crippen molar-refractivity contribution in [1.29, 1.82) is 0 Å². The van der Waals surface area contributed by atoms with Gasteiger partial charge in [-0.2, -0.15) is 0 Å². The zero-order valence-corrected chi connectivity index (χ0v) is 9.39. The van der Waals surface area contributed by atoms with Crippen molar-refractivity contribution >= 4 is 9.84 Å². The highest BCUT2D eigenvalue weighted by atomic mass is 32.2. The second kappa shape index (κ2) is 4.45. The molecule has 1 rings (SSSR count). The van der Waals surface area contributed by atoms with E-state index in [1.54, 1.807) is 0 Å². The fourth-order valence-electron chi connectivity index (χ4n) is 1.73. The number of hydrogen-bond donors (Lipinski definition) is 1. The average molecular weight is 218 g/mol. The van der Waals surface area contributed by atoms with E-state index in [-0.39, 0.29) is 17.4 Å².